The zero-order valence-electron chi connectivity index (χ0n) is 24.4. The van der Waals surface area contributed by atoms with Crippen LogP contribution in [0.25, 0.3) is 43.8 Å². The van der Waals surface area contributed by atoms with Crippen LogP contribution < -0.4 is 10.6 Å². The molecule has 206 valence electrons. The van der Waals surface area contributed by atoms with Crippen molar-refractivity contribution in [3.63, 3.8) is 0 Å². The monoisotopic (exact) mass is 552 g/mol. The van der Waals surface area contributed by atoms with Crippen molar-refractivity contribution in [3.8, 4) is 22.3 Å². The van der Waals surface area contributed by atoms with Crippen LogP contribution >= 0.6 is 0 Å². The van der Waals surface area contributed by atoms with Crippen molar-refractivity contribution < 1.29 is 0 Å². The van der Waals surface area contributed by atoms with E-state index >= 15 is 0 Å². The molecule has 0 bridgehead atoms. The average Bonchev–Trinajstić information content (AvgIpc) is 3.27. The Morgan fingerprint density at radius 3 is 1.60 bits per heavy atom. The van der Waals surface area contributed by atoms with Gasteiger partial charge in [-0.1, -0.05) is 123 Å². The van der Waals surface area contributed by atoms with Crippen LogP contribution in [-0.4, -0.2) is 0 Å². The average molecular weight is 553 g/mol. The molecule has 7 aromatic rings. The maximum absolute atomic E-state index is 3.76. The molecule has 1 aliphatic carbocycles. The number of anilines is 4. The maximum atomic E-state index is 3.76. The van der Waals surface area contributed by atoms with E-state index in [1.807, 2.05) is 0 Å². The van der Waals surface area contributed by atoms with Crippen molar-refractivity contribution >= 4 is 44.3 Å². The van der Waals surface area contributed by atoms with Crippen LogP contribution in [0.4, 0.5) is 22.7 Å². The first-order valence-electron chi connectivity index (χ1n) is 14.9. The zero-order chi connectivity index (χ0) is 29.0. The topological polar surface area (TPSA) is 24.1 Å². The van der Waals surface area contributed by atoms with Gasteiger partial charge in [0, 0.05) is 38.9 Å². The standard InChI is InChI=1S/C41H32N2/c1-41(2)37-18-8-7-17-35(37)36-22-21-29(25-38(36)41)30-23-31(42-39-19-9-13-27-11-3-5-15-33(27)39)26-32(24-30)43-40-20-10-14-28-12-4-6-16-34(28)40/h3-26,42-43H,1-2H3. The summed E-state index contributed by atoms with van der Waals surface area (Å²) in [5.41, 5.74) is 12.1. The van der Waals surface area contributed by atoms with Gasteiger partial charge in [0.2, 0.25) is 0 Å². The Labute approximate surface area is 252 Å². The summed E-state index contributed by atoms with van der Waals surface area (Å²) in [6.07, 6.45) is 0. The highest BCUT2D eigenvalue weighted by Gasteiger charge is 2.35. The van der Waals surface area contributed by atoms with Crippen molar-refractivity contribution in [2.75, 3.05) is 10.6 Å². The number of fused-ring (bicyclic) bond motifs is 5. The Morgan fingerprint density at radius 2 is 0.953 bits per heavy atom. The smallest absolute Gasteiger partial charge is 0.0463 e. The summed E-state index contributed by atoms with van der Waals surface area (Å²) in [6.45, 7) is 4.68. The summed E-state index contributed by atoms with van der Waals surface area (Å²) in [7, 11) is 0. The normalized spacial score (nSPS) is 13.1. The molecule has 2 nitrogen and oxygen atoms in total. The van der Waals surface area contributed by atoms with Crippen molar-refractivity contribution in [2.45, 2.75) is 19.3 Å². The van der Waals surface area contributed by atoms with E-state index in [9.17, 15) is 0 Å². The second kappa shape index (κ2) is 9.89. The molecule has 0 aromatic heterocycles. The quantitative estimate of drug-likeness (QED) is 0.222. The maximum Gasteiger partial charge on any atom is 0.0463 e. The molecule has 0 amide bonds. The van der Waals surface area contributed by atoms with Crippen LogP contribution in [-0.2, 0) is 5.41 Å². The van der Waals surface area contributed by atoms with Gasteiger partial charge in [-0.15, -0.1) is 0 Å². The zero-order valence-corrected chi connectivity index (χ0v) is 24.4. The Hall–Kier alpha value is -5.34. The number of nitrogens with one attached hydrogen (secondary N) is 2. The summed E-state index contributed by atoms with van der Waals surface area (Å²) >= 11 is 0. The lowest BCUT2D eigenvalue weighted by Gasteiger charge is -2.22. The SMILES string of the molecule is CC1(C)c2ccccc2-c2ccc(-c3cc(Nc4cccc5ccccc45)cc(Nc4cccc5ccccc45)c3)cc21. The van der Waals surface area contributed by atoms with Crippen molar-refractivity contribution in [1.29, 1.82) is 0 Å². The minimum absolute atomic E-state index is 0.0508. The van der Waals surface area contributed by atoms with Gasteiger partial charge in [-0.25, -0.2) is 0 Å². The van der Waals surface area contributed by atoms with Gasteiger partial charge in [-0.05, 0) is 80.6 Å². The molecule has 0 spiro atoms. The molecule has 43 heavy (non-hydrogen) atoms. The van der Waals surface area contributed by atoms with Gasteiger partial charge >= 0.3 is 0 Å². The molecule has 8 rings (SSSR count). The van der Waals surface area contributed by atoms with Gasteiger partial charge in [0.1, 0.15) is 0 Å². The fourth-order valence-electron chi connectivity index (χ4n) is 6.80. The van der Waals surface area contributed by atoms with Gasteiger partial charge in [-0.3, -0.25) is 0 Å². The molecule has 0 aliphatic heterocycles. The van der Waals surface area contributed by atoms with Gasteiger partial charge in [0.15, 0.2) is 0 Å². The molecule has 2 N–H and O–H groups in total. The first-order chi connectivity index (χ1) is 21.0. The van der Waals surface area contributed by atoms with Crippen molar-refractivity contribution in [1.82, 2.24) is 0 Å². The third kappa shape index (κ3) is 4.35. The van der Waals surface area contributed by atoms with Gasteiger partial charge in [-0.2, -0.15) is 0 Å². The largest absolute Gasteiger partial charge is 0.355 e. The lowest BCUT2D eigenvalue weighted by atomic mass is 9.81. The van der Waals surface area contributed by atoms with E-state index in [2.05, 4.69) is 170 Å². The summed E-state index contributed by atoms with van der Waals surface area (Å²) < 4.78 is 0. The second-order valence-electron chi connectivity index (χ2n) is 12.0. The van der Waals surface area contributed by atoms with Crippen LogP contribution in [0.15, 0.2) is 146 Å². The molecular formula is C41H32N2. The molecule has 2 heteroatoms. The summed E-state index contributed by atoms with van der Waals surface area (Å²) in [4.78, 5) is 0. The Morgan fingerprint density at radius 1 is 0.419 bits per heavy atom. The fraction of sp³-hybridized carbons (Fsp3) is 0.0732. The number of hydrogen-bond donors (Lipinski definition) is 2. The number of benzene rings is 7. The van der Waals surface area contributed by atoms with Crippen molar-refractivity contribution in [2.24, 2.45) is 0 Å². The second-order valence-corrected chi connectivity index (χ2v) is 12.0. The minimum atomic E-state index is -0.0508. The molecule has 0 saturated carbocycles. The summed E-state index contributed by atoms with van der Waals surface area (Å²) in [6, 6.07) is 52.5. The predicted molar refractivity (Wildman–Crippen MR) is 184 cm³/mol. The Kier molecular flexibility index (Phi) is 5.84. The van der Waals surface area contributed by atoms with Gasteiger partial charge in [0.05, 0.1) is 0 Å². The highest BCUT2D eigenvalue weighted by molar-refractivity contribution is 5.98. The number of hydrogen-bond acceptors (Lipinski definition) is 2. The molecule has 1 aliphatic rings. The molecule has 0 atom stereocenters. The highest BCUT2D eigenvalue weighted by atomic mass is 14.9. The fourth-order valence-corrected chi connectivity index (χ4v) is 6.80. The number of rotatable bonds is 5. The molecule has 0 heterocycles. The van der Waals surface area contributed by atoms with Crippen LogP contribution in [0.5, 0.6) is 0 Å². The van der Waals surface area contributed by atoms with Crippen LogP contribution in [0.1, 0.15) is 25.0 Å². The van der Waals surface area contributed by atoms with E-state index in [0.717, 1.165) is 22.7 Å². The third-order valence-electron chi connectivity index (χ3n) is 8.99. The minimum Gasteiger partial charge on any atom is -0.355 e. The molecule has 7 aromatic carbocycles. The van der Waals surface area contributed by atoms with Gasteiger partial charge < -0.3 is 10.6 Å². The first-order valence-corrected chi connectivity index (χ1v) is 14.9. The predicted octanol–water partition coefficient (Wildman–Crippen LogP) is 11.5. The van der Waals surface area contributed by atoms with Crippen LogP contribution in [0.2, 0.25) is 0 Å². The Bertz CT molecular complexity index is 2060. The van der Waals surface area contributed by atoms with Gasteiger partial charge in [0.25, 0.3) is 0 Å². The van der Waals surface area contributed by atoms with Crippen molar-refractivity contribution in [3.05, 3.63) is 157 Å². The summed E-state index contributed by atoms with van der Waals surface area (Å²) in [5.74, 6) is 0. The third-order valence-corrected chi connectivity index (χ3v) is 8.99. The van der Waals surface area contributed by atoms with E-state index in [-0.39, 0.29) is 5.41 Å². The Balaban J connectivity index is 1.26. The lowest BCUT2D eigenvalue weighted by molar-refractivity contribution is 0.660. The van der Waals surface area contributed by atoms with E-state index in [1.165, 1.54) is 54.9 Å². The molecule has 0 fully saturated rings. The van der Waals surface area contributed by atoms with Crippen LogP contribution in [0, 0.1) is 0 Å². The highest BCUT2D eigenvalue weighted by Crippen LogP contribution is 2.49. The molecule has 0 saturated heterocycles. The van der Waals surface area contributed by atoms with E-state index in [0.29, 0.717) is 0 Å². The molecule has 0 radical (unpaired) electrons. The van der Waals surface area contributed by atoms with E-state index in [1.54, 1.807) is 0 Å². The van der Waals surface area contributed by atoms with E-state index in [4.69, 9.17) is 0 Å². The molecular weight excluding hydrogens is 520 g/mol. The summed E-state index contributed by atoms with van der Waals surface area (Å²) in [5, 5.41) is 12.4. The van der Waals surface area contributed by atoms with Crippen LogP contribution in [0.3, 0.4) is 0 Å². The molecule has 0 unspecified atom stereocenters. The lowest BCUT2D eigenvalue weighted by Crippen LogP contribution is -2.14. The van der Waals surface area contributed by atoms with E-state index < -0.39 is 0 Å². The first kappa shape index (κ1) is 25.4.